The van der Waals surface area contributed by atoms with E-state index < -0.39 is 10.0 Å². The van der Waals surface area contributed by atoms with Crippen LogP contribution in [0.5, 0.6) is 0 Å². The number of sulfonamides is 1. The summed E-state index contributed by atoms with van der Waals surface area (Å²) in [5.41, 5.74) is 2.96. The van der Waals surface area contributed by atoms with Crippen LogP contribution in [0.2, 0.25) is 0 Å². The van der Waals surface area contributed by atoms with Crippen LogP contribution in [0.15, 0.2) is 89.8 Å². The number of carbonyl (C=O) groups excluding carboxylic acids is 1. The van der Waals surface area contributed by atoms with E-state index in [4.69, 9.17) is 0 Å². The van der Waals surface area contributed by atoms with E-state index in [1.807, 2.05) is 61.5 Å². The lowest BCUT2D eigenvalue weighted by Crippen LogP contribution is -2.40. The van der Waals surface area contributed by atoms with Crippen LogP contribution < -0.4 is 5.32 Å². The maximum Gasteiger partial charge on any atom is 0.243 e. The highest BCUT2D eigenvalue weighted by Gasteiger charge is 2.24. The molecule has 3 rings (SSSR count). The largest absolute Gasteiger partial charge is 0.344 e. The van der Waals surface area contributed by atoms with Gasteiger partial charge in [0.05, 0.1) is 17.5 Å². The lowest BCUT2D eigenvalue weighted by atomic mass is 9.97. The average Bonchev–Trinajstić information content (AvgIpc) is 2.73. The summed E-state index contributed by atoms with van der Waals surface area (Å²) < 4.78 is 26.4. The molecule has 29 heavy (non-hydrogen) atoms. The first kappa shape index (κ1) is 20.8. The molecule has 1 amide bonds. The SMILES string of the molecule is Cc1cccc([C@@H](NC(=O)CN(C)S(=O)(=O)c2ccccc2)c2ccccc2)c1. The van der Waals surface area contributed by atoms with Crippen molar-refractivity contribution >= 4 is 15.9 Å². The van der Waals surface area contributed by atoms with Crippen molar-refractivity contribution in [1.29, 1.82) is 0 Å². The highest BCUT2D eigenvalue weighted by molar-refractivity contribution is 7.89. The number of hydrogen-bond donors (Lipinski definition) is 1. The highest BCUT2D eigenvalue weighted by atomic mass is 32.2. The zero-order valence-electron chi connectivity index (χ0n) is 16.4. The molecule has 0 saturated carbocycles. The van der Waals surface area contributed by atoms with Gasteiger partial charge in [-0.3, -0.25) is 4.79 Å². The number of carbonyl (C=O) groups is 1. The Balaban J connectivity index is 1.80. The minimum Gasteiger partial charge on any atom is -0.344 e. The lowest BCUT2D eigenvalue weighted by molar-refractivity contribution is -0.121. The molecule has 5 nitrogen and oxygen atoms in total. The maximum absolute atomic E-state index is 12.8. The van der Waals surface area contributed by atoms with Gasteiger partial charge >= 0.3 is 0 Å². The van der Waals surface area contributed by atoms with Crippen LogP contribution in [0.1, 0.15) is 22.7 Å². The van der Waals surface area contributed by atoms with Gasteiger partial charge in [0.2, 0.25) is 15.9 Å². The van der Waals surface area contributed by atoms with E-state index in [0.717, 1.165) is 21.0 Å². The first-order chi connectivity index (χ1) is 13.9. The molecule has 3 aromatic rings. The van der Waals surface area contributed by atoms with Crippen LogP contribution in [0.4, 0.5) is 0 Å². The second-order valence-corrected chi connectivity index (χ2v) is 8.94. The Labute approximate surface area is 172 Å². The summed E-state index contributed by atoms with van der Waals surface area (Å²) in [6.07, 6.45) is 0. The smallest absolute Gasteiger partial charge is 0.243 e. The fourth-order valence-electron chi connectivity index (χ4n) is 3.12. The van der Waals surface area contributed by atoms with Gasteiger partial charge in [0.15, 0.2) is 0 Å². The van der Waals surface area contributed by atoms with Crippen LogP contribution in [0, 0.1) is 6.92 Å². The molecular formula is C23H24N2O3S. The van der Waals surface area contributed by atoms with Gasteiger partial charge in [0, 0.05) is 7.05 Å². The molecular weight excluding hydrogens is 384 g/mol. The number of nitrogens with one attached hydrogen (secondary N) is 1. The zero-order valence-corrected chi connectivity index (χ0v) is 17.3. The minimum atomic E-state index is -3.73. The molecule has 0 aliphatic heterocycles. The van der Waals surface area contributed by atoms with Crippen LogP contribution in [0.3, 0.4) is 0 Å². The third-order valence-electron chi connectivity index (χ3n) is 4.63. The number of aryl methyl sites for hydroxylation is 1. The van der Waals surface area contributed by atoms with Gasteiger partial charge in [-0.05, 0) is 30.2 Å². The summed E-state index contributed by atoms with van der Waals surface area (Å²) in [5, 5.41) is 2.99. The number of hydrogen-bond acceptors (Lipinski definition) is 3. The Morgan fingerprint density at radius 1 is 0.897 bits per heavy atom. The summed E-state index contributed by atoms with van der Waals surface area (Å²) in [6.45, 7) is 1.72. The number of likely N-dealkylation sites (N-methyl/N-ethyl adjacent to an activating group) is 1. The quantitative estimate of drug-likeness (QED) is 0.650. The molecule has 0 fully saturated rings. The molecule has 0 aliphatic rings. The van der Waals surface area contributed by atoms with Crippen LogP contribution in [-0.2, 0) is 14.8 Å². The maximum atomic E-state index is 12.8. The lowest BCUT2D eigenvalue weighted by Gasteiger charge is -2.22. The Bertz CT molecular complexity index is 1070. The van der Waals surface area contributed by atoms with Crippen molar-refractivity contribution in [3.63, 3.8) is 0 Å². The van der Waals surface area contributed by atoms with Crippen molar-refractivity contribution in [2.24, 2.45) is 0 Å². The van der Waals surface area contributed by atoms with Crippen molar-refractivity contribution < 1.29 is 13.2 Å². The van der Waals surface area contributed by atoms with Crippen molar-refractivity contribution in [3.05, 3.63) is 102 Å². The van der Waals surface area contributed by atoms with Crippen LogP contribution in [-0.4, -0.2) is 32.2 Å². The third-order valence-corrected chi connectivity index (χ3v) is 6.45. The molecule has 0 spiro atoms. The van der Waals surface area contributed by atoms with Gasteiger partial charge in [-0.1, -0.05) is 78.4 Å². The van der Waals surface area contributed by atoms with Gasteiger partial charge in [0.25, 0.3) is 0 Å². The van der Waals surface area contributed by atoms with Crippen LogP contribution in [0.25, 0.3) is 0 Å². The summed E-state index contributed by atoms with van der Waals surface area (Å²) in [6, 6.07) is 25.3. The summed E-state index contributed by atoms with van der Waals surface area (Å²) in [4.78, 5) is 12.9. The Hall–Kier alpha value is -2.96. The van der Waals surface area contributed by atoms with E-state index in [1.165, 1.54) is 19.2 Å². The molecule has 3 aromatic carbocycles. The first-order valence-electron chi connectivity index (χ1n) is 9.30. The molecule has 0 unspecified atom stereocenters. The Kier molecular flexibility index (Phi) is 6.46. The summed E-state index contributed by atoms with van der Waals surface area (Å²) in [7, 11) is -2.32. The van der Waals surface area contributed by atoms with Crippen molar-refractivity contribution in [2.75, 3.05) is 13.6 Å². The Morgan fingerprint density at radius 3 is 2.10 bits per heavy atom. The van der Waals surface area contributed by atoms with E-state index >= 15 is 0 Å². The average molecular weight is 409 g/mol. The molecule has 150 valence electrons. The molecule has 0 aromatic heterocycles. The normalized spacial score (nSPS) is 12.5. The zero-order chi connectivity index (χ0) is 20.9. The highest BCUT2D eigenvalue weighted by Crippen LogP contribution is 2.23. The molecule has 1 atom stereocenters. The van der Waals surface area contributed by atoms with Crippen molar-refractivity contribution in [3.8, 4) is 0 Å². The van der Waals surface area contributed by atoms with E-state index in [2.05, 4.69) is 5.32 Å². The van der Waals surface area contributed by atoms with E-state index in [-0.39, 0.29) is 23.4 Å². The summed E-state index contributed by atoms with van der Waals surface area (Å²) >= 11 is 0. The van der Waals surface area contributed by atoms with E-state index in [9.17, 15) is 13.2 Å². The first-order valence-corrected chi connectivity index (χ1v) is 10.7. The summed E-state index contributed by atoms with van der Waals surface area (Å²) in [5.74, 6) is -0.373. The van der Waals surface area contributed by atoms with E-state index in [1.54, 1.807) is 18.2 Å². The molecule has 0 saturated heterocycles. The fraction of sp³-hybridized carbons (Fsp3) is 0.174. The van der Waals surface area contributed by atoms with Crippen LogP contribution >= 0.6 is 0 Å². The second-order valence-electron chi connectivity index (χ2n) is 6.90. The molecule has 1 N–H and O–H groups in total. The van der Waals surface area contributed by atoms with E-state index in [0.29, 0.717) is 0 Å². The van der Waals surface area contributed by atoms with Gasteiger partial charge < -0.3 is 5.32 Å². The second kappa shape index (κ2) is 9.03. The van der Waals surface area contributed by atoms with Crippen molar-refractivity contribution in [1.82, 2.24) is 9.62 Å². The topological polar surface area (TPSA) is 66.5 Å². The van der Waals surface area contributed by atoms with Crippen molar-refractivity contribution in [2.45, 2.75) is 17.9 Å². The standard InChI is InChI=1S/C23H24N2O3S/c1-18-10-9-13-20(16-18)23(19-11-5-3-6-12-19)24-22(26)17-25(2)29(27,28)21-14-7-4-8-15-21/h3-16,23H,17H2,1-2H3,(H,24,26)/t23-/m0/s1. The molecule has 0 heterocycles. The molecule has 0 bridgehead atoms. The van der Waals surface area contributed by atoms with Gasteiger partial charge in [0.1, 0.15) is 0 Å². The Morgan fingerprint density at radius 2 is 1.48 bits per heavy atom. The molecule has 0 radical (unpaired) electrons. The number of rotatable bonds is 7. The van der Waals surface area contributed by atoms with Gasteiger partial charge in [-0.2, -0.15) is 4.31 Å². The minimum absolute atomic E-state index is 0.161. The monoisotopic (exact) mass is 408 g/mol. The third kappa shape index (κ3) is 5.10. The van der Waals surface area contributed by atoms with Gasteiger partial charge in [-0.25, -0.2) is 8.42 Å². The predicted molar refractivity (Wildman–Crippen MR) is 114 cm³/mol. The molecule has 6 heteroatoms. The number of benzene rings is 3. The fourth-order valence-corrected chi connectivity index (χ4v) is 4.27. The number of amides is 1. The van der Waals surface area contributed by atoms with Gasteiger partial charge in [-0.15, -0.1) is 0 Å². The predicted octanol–water partition coefficient (Wildman–Crippen LogP) is 3.52. The number of nitrogens with zero attached hydrogens (tertiary/aromatic N) is 1. The molecule has 0 aliphatic carbocycles.